The highest BCUT2D eigenvalue weighted by atomic mass is 16.5. The molecule has 0 aliphatic carbocycles. The van der Waals surface area contributed by atoms with Gasteiger partial charge in [-0.25, -0.2) is 0 Å². The summed E-state index contributed by atoms with van der Waals surface area (Å²) in [5.41, 5.74) is 2.52. The first kappa shape index (κ1) is 22.1. The molecule has 0 saturated carbocycles. The fourth-order valence-electron chi connectivity index (χ4n) is 3.69. The Morgan fingerprint density at radius 3 is 2.63 bits per heavy atom. The number of benzene rings is 1. The van der Waals surface area contributed by atoms with Crippen molar-refractivity contribution in [2.75, 3.05) is 53.6 Å². The van der Waals surface area contributed by atoms with Crippen LogP contribution in [0.5, 0.6) is 5.75 Å². The number of hydrogen-bond acceptors (Lipinski definition) is 5. The number of nitrogens with zero attached hydrogens (tertiary/aromatic N) is 4. The Balaban J connectivity index is 1.53. The fourth-order valence-corrected chi connectivity index (χ4v) is 3.69. The molecule has 1 saturated heterocycles. The number of guanidine groups is 1. The van der Waals surface area contributed by atoms with E-state index in [-0.39, 0.29) is 6.04 Å². The third kappa shape index (κ3) is 6.47. The average Bonchev–Trinajstić information content (AvgIpc) is 3.21. The fraction of sp³-hybridized carbons (Fsp3) is 0.545. The minimum Gasteiger partial charge on any atom is -0.497 e. The van der Waals surface area contributed by atoms with Crippen LogP contribution in [0.25, 0.3) is 0 Å². The van der Waals surface area contributed by atoms with E-state index in [1.54, 1.807) is 7.11 Å². The Morgan fingerprint density at radius 1 is 1.23 bits per heavy atom. The molecule has 0 bridgehead atoms. The number of ether oxygens (including phenoxy) is 2. The van der Waals surface area contributed by atoms with E-state index in [2.05, 4.69) is 44.0 Å². The molecule has 0 spiro atoms. The number of methoxy groups -OCH3 is 1. The second-order valence-corrected chi connectivity index (χ2v) is 7.44. The first-order valence-corrected chi connectivity index (χ1v) is 10.6. The molecule has 30 heavy (non-hydrogen) atoms. The monoisotopic (exact) mass is 414 g/mol. The molecule has 3 rings (SSSR count). The molecule has 2 heterocycles. The van der Waals surface area contributed by atoms with Crippen molar-refractivity contribution >= 4 is 5.96 Å². The van der Waals surface area contributed by atoms with E-state index in [4.69, 9.17) is 9.47 Å². The molecule has 1 aliphatic rings. The highest BCUT2D eigenvalue weighted by Gasteiger charge is 2.23. The van der Waals surface area contributed by atoms with Gasteiger partial charge < -0.3 is 20.1 Å². The summed E-state index contributed by atoms with van der Waals surface area (Å²) < 4.78 is 12.7. The molecule has 8 nitrogen and oxygen atoms in total. The maximum atomic E-state index is 5.55. The molecular formula is C22H34N6O2. The summed E-state index contributed by atoms with van der Waals surface area (Å²) in [6, 6.07) is 8.58. The third-order valence-corrected chi connectivity index (χ3v) is 5.37. The molecule has 1 fully saturated rings. The predicted molar refractivity (Wildman–Crippen MR) is 119 cm³/mol. The van der Waals surface area contributed by atoms with E-state index in [0.29, 0.717) is 0 Å². The molecule has 8 heteroatoms. The number of rotatable bonds is 9. The summed E-state index contributed by atoms with van der Waals surface area (Å²) in [5.74, 6) is 1.70. The van der Waals surface area contributed by atoms with Gasteiger partial charge in [-0.15, -0.1) is 0 Å². The lowest BCUT2D eigenvalue weighted by molar-refractivity contribution is 0.0170. The molecule has 2 N–H and O–H groups in total. The van der Waals surface area contributed by atoms with E-state index in [1.807, 2.05) is 37.1 Å². The molecular weight excluding hydrogens is 380 g/mol. The number of morpholine rings is 1. The Labute approximate surface area is 179 Å². The Hall–Kier alpha value is -2.58. The first-order chi connectivity index (χ1) is 14.7. The third-order valence-electron chi connectivity index (χ3n) is 5.37. The van der Waals surface area contributed by atoms with Gasteiger partial charge in [0.25, 0.3) is 0 Å². The van der Waals surface area contributed by atoms with Gasteiger partial charge in [0.15, 0.2) is 5.96 Å². The van der Waals surface area contributed by atoms with E-state index < -0.39 is 0 Å². The molecule has 1 aromatic heterocycles. The predicted octanol–water partition coefficient (Wildman–Crippen LogP) is 1.60. The van der Waals surface area contributed by atoms with Crippen molar-refractivity contribution in [3.8, 4) is 5.75 Å². The number of aromatic nitrogens is 2. The normalized spacial score (nSPS) is 16.3. The Morgan fingerprint density at radius 2 is 2.00 bits per heavy atom. The van der Waals surface area contributed by atoms with Crippen molar-refractivity contribution in [1.82, 2.24) is 25.3 Å². The van der Waals surface area contributed by atoms with Gasteiger partial charge in [0.05, 0.1) is 32.6 Å². The molecule has 0 radical (unpaired) electrons. The van der Waals surface area contributed by atoms with Gasteiger partial charge in [0, 0.05) is 46.5 Å². The van der Waals surface area contributed by atoms with Gasteiger partial charge in [-0.2, -0.15) is 5.10 Å². The highest BCUT2D eigenvalue weighted by molar-refractivity contribution is 5.79. The summed E-state index contributed by atoms with van der Waals surface area (Å²) in [6.45, 7) is 5.03. The lowest BCUT2D eigenvalue weighted by atomic mass is 10.0. The van der Waals surface area contributed by atoms with Crippen molar-refractivity contribution < 1.29 is 9.47 Å². The molecule has 1 atom stereocenters. The molecule has 0 amide bonds. The van der Waals surface area contributed by atoms with Crippen LogP contribution in [0.2, 0.25) is 0 Å². The van der Waals surface area contributed by atoms with Crippen LogP contribution in [-0.4, -0.2) is 74.2 Å². The standard InChI is InChI=1S/C22H34N6O2/c1-23-22(24-10-4-5-18-15-26-27(2)17-18)25-16-21(28-11-13-30-14-12-28)19-6-8-20(29-3)9-7-19/h6-9,15,17,21H,4-5,10-14,16H2,1-3H3,(H2,23,24,25). The Bertz CT molecular complexity index is 783. The van der Waals surface area contributed by atoms with E-state index in [1.165, 1.54) is 11.1 Å². The van der Waals surface area contributed by atoms with Gasteiger partial charge in [-0.05, 0) is 36.1 Å². The zero-order valence-electron chi connectivity index (χ0n) is 18.3. The van der Waals surface area contributed by atoms with Gasteiger partial charge >= 0.3 is 0 Å². The van der Waals surface area contributed by atoms with Gasteiger partial charge in [0.1, 0.15) is 5.75 Å². The second kappa shape index (κ2) is 11.6. The molecule has 1 aliphatic heterocycles. The summed E-state index contributed by atoms with van der Waals surface area (Å²) in [7, 11) is 5.45. The summed E-state index contributed by atoms with van der Waals surface area (Å²) in [4.78, 5) is 6.86. The van der Waals surface area contributed by atoms with E-state index >= 15 is 0 Å². The van der Waals surface area contributed by atoms with Crippen molar-refractivity contribution in [3.63, 3.8) is 0 Å². The second-order valence-electron chi connectivity index (χ2n) is 7.44. The Kier molecular flexibility index (Phi) is 8.53. The molecule has 1 aromatic carbocycles. The number of hydrogen-bond donors (Lipinski definition) is 2. The number of aliphatic imine (C=N–C) groups is 1. The zero-order chi connectivity index (χ0) is 21.2. The van der Waals surface area contributed by atoms with Crippen LogP contribution in [0.15, 0.2) is 41.7 Å². The summed E-state index contributed by atoms with van der Waals surface area (Å²) in [6.07, 6.45) is 6.02. The topological polar surface area (TPSA) is 75.9 Å². The minimum absolute atomic E-state index is 0.244. The maximum Gasteiger partial charge on any atom is 0.191 e. The van der Waals surface area contributed by atoms with E-state index in [9.17, 15) is 0 Å². The van der Waals surface area contributed by atoms with Crippen molar-refractivity contribution in [2.45, 2.75) is 18.9 Å². The van der Waals surface area contributed by atoms with E-state index in [0.717, 1.165) is 63.9 Å². The lowest BCUT2D eigenvalue weighted by Crippen LogP contribution is -2.46. The molecule has 2 aromatic rings. The first-order valence-electron chi connectivity index (χ1n) is 10.6. The number of nitrogens with one attached hydrogen (secondary N) is 2. The molecule has 164 valence electrons. The minimum atomic E-state index is 0.244. The lowest BCUT2D eigenvalue weighted by Gasteiger charge is -2.35. The number of aryl methyl sites for hydroxylation is 2. The van der Waals surface area contributed by atoms with Crippen molar-refractivity contribution in [3.05, 3.63) is 47.8 Å². The average molecular weight is 415 g/mol. The summed E-state index contributed by atoms with van der Waals surface area (Å²) in [5, 5.41) is 11.1. The molecule has 1 unspecified atom stereocenters. The van der Waals surface area contributed by atoms with Crippen LogP contribution in [0.4, 0.5) is 0 Å². The van der Waals surface area contributed by atoms with Gasteiger partial charge in [-0.3, -0.25) is 14.6 Å². The SMILES string of the molecule is CN=C(NCCCc1cnn(C)c1)NCC(c1ccc(OC)cc1)N1CCOCC1. The van der Waals surface area contributed by atoms with Crippen LogP contribution >= 0.6 is 0 Å². The highest BCUT2D eigenvalue weighted by Crippen LogP contribution is 2.23. The van der Waals surface area contributed by atoms with Crippen molar-refractivity contribution in [2.24, 2.45) is 12.0 Å². The van der Waals surface area contributed by atoms with Crippen LogP contribution in [0.3, 0.4) is 0 Å². The van der Waals surface area contributed by atoms with Gasteiger partial charge in [-0.1, -0.05) is 12.1 Å². The quantitative estimate of drug-likeness (QED) is 0.369. The maximum absolute atomic E-state index is 5.55. The summed E-state index contributed by atoms with van der Waals surface area (Å²) >= 11 is 0. The van der Waals surface area contributed by atoms with Crippen LogP contribution in [0.1, 0.15) is 23.6 Å². The van der Waals surface area contributed by atoms with Crippen LogP contribution in [-0.2, 0) is 18.2 Å². The van der Waals surface area contributed by atoms with Crippen LogP contribution < -0.4 is 15.4 Å². The smallest absolute Gasteiger partial charge is 0.191 e. The van der Waals surface area contributed by atoms with Gasteiger partial charge in [0.2, 0.25) is 0 Å². The van der Waals surface area contributed by atoms with Crippen LogP contribution in [0, 0.1) is 0 Å². The van der Waals surface area contributed by atoms with Crippen molar-refractivity contribution in [1.29, 1.82) is 0 Å². The zero-order valence-corrected chi connectivity index (χ0v) is 18.3. The largest absolute Gasteiger partial charge is 0.497 e.